The molecule has 0 aliphatic carbocycles. The van der Waals surface area contributed by atoms with Crippen LogP contribution in [0.15, 0.2) is 55.1 Å². The predicted octanol–water partition coefficient (Wildman–Crippen LogP) is 2.50. The average molecular weight is 371 g/mol. The van der Waals surface area contributed by atoms with Crippen molar-refractivity contribution in [3.8, 4) is 22.5 Å². The second-order valence-electron chi connectivity index (χ2n) is 6.97. The normalized spacial score (nSPS) is 14.5. The maximum absolute atomic E-state index is 4.94. The molecule has 4 aromatic heterocycles. The number of hydrogen-bond donors (Lipinski definition) is 1. The molecule has 0 radical (unpaired) electrons. The first-order valence-corrected chi connectivity index (χ1v) is 9.45. The Morgan fingerprint density at radius 2 is 1.89 bits per heavy atom. The molecule has 7 heteroatoms. The number of pyridine rings is 3. The minimum Gasteiger partial charge on any atom is -0.354 e. The van der Waals surface area contributed by atoms with Gasteiger partial charge >= 0.3 is 0 Å². The Hall–Kier alpha value is -3.32. The summed E-state index contributed by atoms with van der Waals surface area (Å²) in [7, 11) is 1.91. The van der Waals surface area contributed by atoms with E-state index in [1.807, 2.05) is 44.0 Å². The number of nitrogens with zero attached hydrogens (tertiary/aromatic N) is 6. The van der Waals surface area contributed by atoms with Crippen molar-refractivity contribution in [2.45, 2.75) is 0 Å². The largest absolute Gasteiger partial charge is 0.354 e. The van der Waals surface area contributed by atoms with Crippen LogP contribution in [0.3, 0.4) is 0 Å². The van der Waals surface area contributed by atoms with Crippen LogP contribution >= 0.6 is 0 Å². The lowest BCUT2D eigenvalue weighted by Gasteiger charge is -2.28. The van der Waals surface area contributed by atoms with Crippen molar-refractivity contribution in [3.05, 3.63) is 55.1 Å². The zero-order chi connectivity index (χ0) is 18.9. The van der Waals surface area contributed by atoms with E-state index in [0.717, 1.165) is 65.4 Å². The third-order valence-electron chi connectivity index (χ3n) is 5.06. The van der Waals surface area contributed by atoms with E-state index in [-0.39, 0.29) is 0 Å². The zero-order valence-corrected chi connectivity index (χ0v) is 15.7. The molecule has 1 aliphatic heterocycles. The van der Waals surface area contributed by atoms with E-state index in [4.69, 9.17) is 9.97 Å². The molecular weight excluding hydrogens is 350 g/mol. The Bertz CT molecular complexity index is 1110. The number of nitrogens with one attached hydrogen (secondary N) is 1. The predicted molar refractivity (Wildman–Crippen MR) is 110 cm³/mol. The van der Waals surface area contributed by atoms with Gasteiger partial charge in [0.15, 0.2) is 0 Å². The number of rotatable bonds is 3. The van der Waals surface area contributed by atoms with Crippen LogP contribution in [0, 0.1) is 0 Å². The fourth-order valence-electron chi connectivity index (χ4n) is 3.60. The van der Waals surface area contributed by atoms with Gasteiger partial charge in [0.1, 0.15) is 5.82 Å². The van der Waals surface area contributed by atoms with Gasteiger partial charge in [-0.3, -0.25) is 9.67 Å². The van der Waals surface area contributed by atoms with Gasteiger partial charge in [0.25, 0.3) is 0 Å². The van der Waals surface area contributed by atoms with Crippen LogP contribution in [-0.2, 0) is 7.05 Å². The molecule has 5 rings (SSSR count). The van der Waals surface area contributed by atoms with Crippen molar-refractivity contribution in [3.63, 3.8) is 0 Å². The molecule has 0 spiro atoms. The quantitative estimate of drug-likeness (QED) is 0.597. The van der Waals surface area contributed by atoms with Crippen molar-refractivity contribution in [2.24, 2.45) is 7.05 Å². The fourth-order valence-corrected chi connectivity index (χ4v) is 3.60. The topological polar surface area (TPSA) is 71.8 Å². The summed E-state index contributed by atoms with van der Waals surface area (Å²) in [5.41, 5.74) is 4.63. The highest BCUT2D eigenvalue weighted by molar-refractivity contribution is 5.94. The summed E-state index contributed by atoms with van der Waals surface area (Å²) in [6, 6.07) is 10.2. The van der Waals surface area contributed by atoms with Gasteiger partial charge in [-0.05, 0) is 30.3 Å². The van der Waals surface area contributed by atoms with Gasteiger partial charge in [-0.25, -0.2) is 9.97 Å². The second kappa shape index (κ2) is 7.01. The summed E-state index contributed by atoms with van der Waals surface area (Å²) in [4.78, 5) is 16.5. The van der Waals surface area contributed by atoms with E-state index in [9.17, 15) is 0 Å². The molecule has 5 heterocycles. The molecule has 1 aliphatic rings. The molecule has 1 N–H and O–H groups in total. The van der Waals surface area contributed by atoms with E-state index >= 15 is 0 Å². The first-order valence-electron chi connectivity index (χ1n) is 9.45. The van der Waals surface area contributed by atoms with Gasteiger partial charge in [-0.2, -0.15) is 5.10 Å². The third kappa shape index (κ3) is 3.10. The lowest BCUT2D eigenvalue weighted by Crippen LogP contribution is -2.43. The van der Waals surface area contributed by atoms with Crippen LogP contribution in [0.2, 0.25) is 0 Å². The second-order valence-corrected chi connectivity index (χ2v) is 6.97. The van der Waals surface area contributed by atoms with Gasteiger partial charge in [-0.15, -0.1) is 0 Å². The van der Waals surface area contributed by atoms with E-state index in [0.29, 0.717) is 0 Å². The smallest absolute Gasteiger partial charge is 0.128 e. The lowest BCUT2D eigenvalue weighted by molar-refractivity contribution is 0.585. The molecular formula is C21H21N7. The summed E-state index contributed by atoms with van der Waals surface area (Å²) < 4.78 is 1.78. The van der Waals surface area contributed by atoms with E-state index in [1.54, 1.807) is 4.68 Å². The van der Waals surface area contributed by atoms with Gasteiger partial charge in [-0.1, -0.05) is 0 Å². The molecule has 0 unspecified atom stereocenters. The molecule has 4 aromatic rings. The van der Waals surface area contributed by atoms with Crippen LogP contribution in [-0.4, -0.2) is 50.9 Å². The molecule has 1 saturated heterocycles. The van der Waals surface area contributed by atoms with Crippen molar-refractivity contribution < 1.29 is 0 Å². The molecule has 0 bridgehead atoms. The Morgan fingerprint density at radius 3 is 2.64 bits per heavy atom. The van der Waals surface area contributed by atoms with Crippen LogP contribution in [0.1, 0.15) is 0 Å². The van der Waals surface area contributed by atoms with Gasteiger partial charge < -0.3 is 10.2 Å². The highest BCUT2D eigenvalue weighted by Gasteiger charge is 2.14. The van der Waals surface area contributed by atoms with Crippen molar-refractivity contribution in [2.75, 3.05) is 31.1 Å². The summed E-state index contributed by atoms with van der Waals surface area (Å²) in [6.45, 7) is 3.95. The fraction of sp³-hybridized carbons (Fsp3) is 0.238. The van der Waals surface area contributed by atoms with E-state index < -0.39 is 0 Å². The highest BCUT2D eigenvalue weighted by atomic mass is 15.2. The number of piperazine rings is 1. The SMILES string of the molecule is Cn1cc(-c2cc3ncccc3c(-c3ccc(N4CCNCC4)nc3)n2)cn1. The number of hydrogen-bond acceptors (Lipinski definition) is 6. The minimum atomic E-state index is 0.862. The first-order chi connectivity index (χ1) is 13.8. The van der Waals surface area contributed by atoms with Crippen LogP contribution in [0.5, 0.6) is 0 Å². The van der Waals surface area contributed by atoms with Crippen molar-refractivity contribution in [1.82, 2.24) is 30.0 Å². The molecule has 0 saturated carbocycles. The van der Waals surface area contributed by atoms with Crippen LogP contribution in [0.25, 0.3) is 33.4 Å². The van der Waals surface area contributed by atoms with Crippen molar-refractivity contribution in [1.29, 1.82) is 0 Å². The average Bonchev–Trinajstić information content (AvgIpc) is 3.20. The summed E-state index contributed by atoms with van der Waals surface area (Å²) in [5.74, 6) is 1.01. The molecule has 7 nitrogen and oxygen atoms in total. The van der Waals surface area contributed by atoms with Crippen LogP contribution in [0.4, 0.5) is 5.82 Å². The van der Waals surface area contributed by atoms with Gasteiger partial charge in [0.05, 0.1) is 23.1 Å². The maximum atomic E-state index is 4.94. The summed E-state index contributed by atoms with van der Waals surface area (Å²) in [5, 5.41) is 8.66. The highest BCUT2D eigenvalue weighted by Crippen LogP contribution is 2.30. The Balaban J connectivity index is 1.59. The summed E-state index contributed by atoms with van der Waals surface area (Å²) in [6.07, 6.45) is 7.52. The monoisotopic (exact) mass is 371 g/mol. The standard InChI is InChI=1S/C21H21N7/c1-27-14-16(13-25-27)18-11-19-17(3-2-6-23-19)21(26-18)15-4-5-20(24-12-15)28-9-7-22-8-10-28/h2-6,11-14,22H,7-10H2,1H3. The molecule has 0 amide bonds. The molecule has 1 fully saturated rings. The molecule has 0 atom stereocenters. The maximum Gasteiger partial charge on any atom is 0.128 e. The van der Waals surface area contributed by atoms with Gasteiger partial charge in [0.2, 0.25) is 0 Å². The number of aryl methyl sites for hydroxylation is 1. The number of fused-ring (bicyclic) bond motifs is 1. The summed E-state index contributed by atoms with van der Waals surface area (Å²) >= 11 is 0. The van der Waals surface area contributed by atoms with E-state index in [2.05, 4.69) is 38.5 Å². The molecule has 0 aromatic carbocycles. The minimum absolute atomic E-state index is 0.862. The third-order valence-corrected chi connectivity index (χ3v) is 5.06. The Kier molecular flexibility index (Phi) is 4.21. The van der Waals surface area contributed by atoms with Crippen molar-refractivity contribution >= 4 is 16.7 Å². The Morgan fingerprint density at radius 1 is 1.00 bits per heavy atom. The number of aromatic nitrogens is 5. The molecule has 140 valence electrons. The number of anilines is 1. The zero-order valence-electron chi connectivity index (χ0n) is 15.7. The lowest BCUT2D eigenvalue weighted by atomic mass is 10.1. The Labute approximate surface area is 163 Å². The molecule has 28 heavy (non-hydrogen) atoms. The van der Waals surface area contributed by atoms with Gasteiger partial charge in [0, 0.05) is 68.3 Å². The van der Waals surface area contributed by atoms with E-state index in [1.165, 1.54) is 0 Å². The first kappa shape index (κ1) is 16.8. The van der Waals surface area contributed by atoms with Crippen LogP contribution < -0.4 is 10.2 Å².